The van der Waals surface area contributed by atoms with E-state index in [1.807, 2.05) is 17.6 Å². The van der Waals surface area contributed by atoms with Crippen LogP contribution in [0.15, 0.2) is 34.8 Å². The number of rotatable bonds is 1. The molecule has 2 aromatic carbocycles. The number of aryl methyl sites for hydroxylation is 1. The molecule has 1 N–H and O–H groups in total. The van der Waals surface area contributed by atoms with Gasteiger partial charge in [0, 0.05) is 5.02 Å². The highest BCUT2D eigenvalue weighted by Gasteiger charge is 2.12. The van der Waals surface area contributed by atoms with Gasteiger partial charge in [0.1, 0.15) is 5.82 Å². The minimum absolute atomic E-state index is 0.323. The summed E-state index contributed by atoms with van der Waals surface area (Å²) in [7, 11) is 0. The summed E-state index contributed by atoms with van der Waals surface area (Å²) in [6.07, 6.45) is 0. The number of benzene rings is 2. The van der Waals surface area contributed by atoms with Gasteiger partial charge < -0.3 is 4.98 Å². The number of nitrogens with zero attached hydrogens (tertiary/aromatic N) is 1. The first-order chi connectivity index (χ1) is 9.47. The van der Waals surface area contributed by atoms with Gasteiger partial charge in [0.25, 0.3) is 0 Å². The van der Waals surface area contributed by atoms with Crippen molar-refractivity contribution < 1.29 is 4.39 Å². The van der Waals surface area contributed by atoms with Gasteiger partial charge >= 0.3 is 0 Å². The van der Waals surface area contributed by atoms with Gasteiger partial charge in [-0.15, -0.1) is 0 Å². The lowest BCUT2D eigenvalue weighted by Gasteiger charge is -2.09. The molecule has 20 heavy (non-hydrogen) atoms. The number of aromatic amines is 1. The maximum Gasteiger partial charge on any atom is 0.182 e. The molecule has 3 aromatic rings. The van der Waals surface area contributed by atoms with Crippen LogP contribution in [0.1, 0.15) is 5.56 Å². The smallest absolute Gasteiger partial charge is 0.182 e. The van der Waals surface area contributed by atoms with Crippen molar-refractivity contribution in [3.05, 3.63) is 56.0 Å². The van der Waals surface area contributed by atoms with Gasteiger partial charge in [-0.05, 0) is 71.0 Å². The molecule has 6 heteroatoms. The number of nitrogens with one attached hydrogen (secondary N) is 1. The molecule has 3 rings (SSSR count). The second-order valence-corrected chi connectivity index (χ2v) is 6.16. The van der Waals surface area contributed by atoms with E-state index in [9.17, 15) is 4.39 Å². The van der Waals surface area contributed by atoms with Gasteiger partial charge in [0.05, 0.1) is 21.2 Å². The van der Waals surface area contributed by atoms with Gasteiger partial charge in [-0.3, -0.25) is 4.57 Å². The number of fused-ring (bicyclic) bond motifs is 1. The largest absolute Gasteiger partial charge is 0.330 e. The number of hydrogen-bond donors (Lipinski definition) is 1. The van der Waals surface area contributed by atoms with Crippen LogP contribution in [0.3, 0.4) is 0 Å². The highest BCUT2D eigenvalue weighted by molar-refractivity contribution is 9.10. The molecule has 0 aliphatic heterocycles. The SMILES string of the molecule is Cc1cc(Br)c(F)cc1-n1c(=S)[nH]c2cc(Cl)ccc21. The van der Waals surface area contributed by atoms with Crippen molar-refractivity contribution in [2.75, 3.05) is 0 Å². The van der Waals surface area contributed by atoms with E-state index in [4.69, 9.17) is 23.8 Å². The van der Waals surface area contributed by atoms with Gasteiger partial charge in [0.2, 0.25) is 0 Å². The summed E-state index contributed by atoms with van der Waals surface area (Å²) in [5, 5.41) is 0.625. The predicted octanol–water partition coefficient (Wildman–Crippen LogP) is 5.55. The van der Waals surface area contributed by atoms with Gasteiger partial charge in [-0.1, -0.05) is 11.6 Å². The molecule has 0 amide bonds. The van der Waals surface area contributed by atoms with Crippen molar-refractivity contribution in [3.8, 4) is 5.69 Å². The van der Waals surface area contributed by atoms with Crippen LogP contribution in [0.4, 0.5) is 4.39 Å². The number of H-pyrrole nitrogens is 1. The van der Waals surface area contributed by atoms with Crippen molar-refractivity contribution in [2.24, 2.45) is 0 Å². The highest BCUT2D eigenvalue weighted by atomic mass is 79.9. The van der Waals surface area contributed by atoms with E-state index in [1.165, 1.54) is 6.07 Å². The van der Waals surface area contributed by atoms with Crippen molar-refractivity contribution in [1.29, 1.82) is 0 Å². The Morgan fingerprint density at radius 3 is 2.80 bits per heavy atom. The Kier molecular flexibility index (Phi) is 3.44. The molecule has 0 fully saturated rings. The average Bonchev–Trinajstić information content (AvgIpc) is 2.69. The van der Waals surface area contributed by atoms with E-state index in [0.717, 1.165) is 16.6 Å². The zero-order chi connectivity index (χ0) is 14.4. The Bertz CT molecular complexity index is 885. The topological polar surface area (TPSA) is 20.7 Å². The minimum Gasteiger partial charge on any atom is -0.330 e. The van der Waals surface area contributed by atoms with Crippen LogP contribution in [0.2, 0.25) is 5.02 Å². The first-order valence-corrected chi connectivity index (χ1v) is 7.41. The fraction of sp³-hybridized carbons (Fsp3) is 0.0714. The summed E-state index contributed by atoms with van der Waals surface area (Å²) >= 11 is 14.5. The summed E-state index contributed by atoms with van der Waals surface area (Å²) in [5.41, 5.74) is 3.32. The average molecular weight is 372 g/mol. The molecule has 0 bridgehead atoms. The van der Waals surface area contributed by atoms with Crippen molar-refractivity contribution in [1.82, 2.24) is 9.55 Å². The summed E-state index contributed by atoms with van der Waals surface area (Å²) in [5.74, 6) is -0.323. The van der Waals surface area contributed by atoms with Crippen LogP contribution in [-0.2, 0) is 0 Å². The molecule has 2 nitrogen and oxygen atoms in total. The molecular weight excluding hydrogens is 363 g/mol. The van der Waals surface area contributed by atoms with Crippen LogP contribution in [0.5, 0.6) is 0 Å². The van der Waals surface area contributed by atoms with Crippen LogP contribution >= 0.6 is 39.7 Å². The summed E-state index contributed by atoms with van der Waals surface area (Å²) in [6.45, 7) is 1.91. The van der Waals surface area contributed by atoms with Gasteiger partial charge in [0.15, 0.2) is 4.77 Å². The Balaban J connectivity index is 2.38. The third-order valence-corrected chi connectivity index (χ3v) is 4.25. The summed E-state index contributed by atoms with van der Waals surface area (Å²) in [4.78, 5) is 3.09. The molecule has 0 atom stereocenters. The Morgan fingerprint density at radius 1 is 1.30 bits per heavy atom. The van der Waals surface area contributed by atoms with Crippen molar-refractivity contribution in [3.63, 3.8) is 0 Å². The molecule has 0 radical (unpaired) electrons. The summed E-state index contributed by atoms with van der Waals surface area (Å²) in [6, 6.07) is 8.66. The number of hydrogen-bond acceptors (Lipinski definition) is 1. The van der Waals surface area contributed by atoms with E-state index >= 15 is 0 Å². The van der Waals surface area contributed by atoms with E-state index in [1.54, 1.807) is 18.2 Å². The number of imidazole rings is 1. The predicted molar refractivity (Wildman–Crippen MR) is 85.9 cm³/mol. The molecular formula is C14H9BrClFN2S. The zero-order valence-electron chi connectivity index (χ0n) is 10.4. The lowest BCUT2D eigenvalue weighted by atomic mass is 10.2. The van der Waals surface area contributed by atoms with Crippen molar-refractivity contribution >= 4 is 50.8 Å². The fourth-order valence-electron chi connectivity index (χ4n) is 2.20. The third-order valence-electron chi connectivity index (χ3n) is 3.12. The van der Waals surface area contributed by atoms with E-state index in [0.29, 0.717) is 20.0 Å². The molecule has 0 saturated heterocycles. The third kappa shape index (κ3) is 2.20. The maximum absolute atomic E-state index is 13.8. The van der Waals surface area contributed by atoms with Crippen LogP contribution in [0, 0.1) is 17.5 Å². The molecule has 102 valence electrons. The van der Waals surface area contributed by atoms with Crippen molar-refractivity contribution in [2.45, 2.75) is 6.92 Å². The lowest BCUT2D eigenvalue weighted by Crippen LogP contribution is -1.98. The standard InChI is InChI=1S/C14H9BrClFN2S/c1-7-4-9(15)10(17)6-13(7)19-12-3-2-8(16)5-11(12)18-14(19)20/h2-6H,1H3,(H,18,20). The van der Waals surface area contributed by atoms with E-state index in [2.05, 4.69) is 20.9 Å². The van der Waals surface area contributed by atoms with Crippen LogP contribution < -0.4 is 0 Å². The molecule has 0 unspecified atom stereocenters. The Morgan fingerprint density at radius 2 is 2.05 bits per heavy atom. The monoisotopic (exact) mass is 370 g/mol. The number of halogens is 3. The van der Waals surface area contributed by atoms with E-state index < -0.39 is 0 Å². The fourth-order valence-corrected chi connectivity index (χ4v) is 3.14. The zero-order valence-corrected chi connectivity index (χ0v) is 13.5. The second-order valence-electron chi connectivity index (χ2n) is 4.48. The van der Waals surface area contributed by atoms with Gasteiger partial charge in [-0.25, -0.2) is 4.39 Å². The Hall–Kier alpha value is -1.17. The van der Waals surface area contributed by atoms with Gasteiger partial charge in [-0.2, -0.15) is 0 Å². The highest BCUT2D eigenvalue weighted by Crippen LogP contribution is 2.27. The first-order valence-electron chi connectivity index (χ1n) is 5.83. The summed E-state index contributed by atoms with van der Waals surface area (Å²) < 4.78 is 16.6. The molecule has 0 aliphatic carbocycles. The quantitative estimate of drug-likeness (QED) is 0.556. The lowest BCUT2D eigenvalue weighted by molar-refractivity contribution is 0.619. The van der Waals surface area contributed by atoms with Crippen LogP contribution in [0.25, 0.3) is 16.7 Å². The molecule has 0 aliphatic rings. The number of aromatic nitrogens is 2. The minimum atomic E-state index is -0.323. The molecule has 0 saturated carbocycles. The Labute approximate surface area is 133 Å². The normalized spacial score (nSPS) is 11.2. The second kappa shape index (κ2) is 4.98. The first kappa shape index (κ1) is 13.8. The molecule has 0 spiro atoms. The molecule has 1 heterocycles. The van der Waals surface area contributed by atoms with Crippen LogP contribution in [-0.4, -0.2) is 9.55 Å². The molecule has 1 aromatic heterocycles. The maximum atomic E-state index is 13.8. The van der Waals surface area contributed by atoms with E-state index in [-0.39, 0.29) is 5.82 Å².